The minimum absolute atomic E-state index is 0.221. The van der Waals surface area contributed by atoms with Crippen LogP contribution < -0.4 is 15.4 Å². The zero-order valence-electron chi connectivity index (χ0n) is 13.4. The molecule has 1 unspecified atom stereocenters. The molecule has 1 aliphatic rings. The summed E-state index contributed by atoms with van der Waals surface area (Å²) in [4.78, 5) is 4.72. The Kier molecular flexibility index (Phi) is 6.76. The lowest BCUT2D eigenvalue weighted by atomic mass is 10.2. The number of benzene rings is 1. The Morgan fingerprint density at radius 2 is 1.95 bits per heavy atom. The van der Waals surface area contributed by atoms with Gasteiger partial charge < -0.3 is 20.1 Å². The predicted molar refractivity (Wildman–Crippen MR) is 91.1 cm³/mol. The second-order valence-electron chi connectivity index (χ2n) is 5.72. The van der Waals surface area contributed by atoms with Gasteiger partial charge in [0, 0.05) is 51.9 Å². The number of ether oxygens (including phenoxy) is 2. The molecule has 0 aliphatic carbocycles. The Labute approximate surface area is 137 Å². The molecule has 1 heterocycles. The first-order valence-electron chi connectivity index (χ1n) is 7.74. The normalized spacial score (nSPS) is 17.5. The van der Waals surface area contributed by atoms with E-state index >= 15 is 0 Å². The molecule has 0 radical (unpaired) electrons. The van der Waals surface area contributed by atoms with Crippen molar-refractivity contribution >= 4 is 17.3 Å². The molecule has 0 bridgehead atoms. The van der Waals surface area contributed by atoms with Crippen LogP contribution in [0.2, 0.25) is 5.02 Å². The summed E-state index contributed by atoms with van der Waals surface area (Å²) in [7, 11) is 1.66. The van der Waals surface area contributed by atoms with Gasteiger partial charge in [0.25, 0.3) is 0 Å². The Bertz CT molecular complexity index is 463. The van der Waals surface area contributed by atoms with E-state index in [0.29, 0.717) is 13.2 Å². The molecule has 2 N–H and O–H groups in total. The van der Waals surface area contributed by atoms with Crippen molar-refractivity contribution in [3.05, 3.63) is 23.2 Å². The van der Waals surface area contributed by atoms with Crippen LogP contribution in [0, 0.1) is 0 Å². The molecule has 1 aromatic rings. The van der Waals surface area contributed by atoms with Gasteiger partial charge in [-0.25, -0.2) is 0 Å². The van der Waals surface area contributed by atoms with Crippen molar-refractivity contribution in [3.8, 4) is 5.75 Å². The number of halogens is 1. The second-order valence-corrected chi connectivity index (χ2v) is 6.13. The van der Waals surface area contributed by atoms with Crippen LogP contribution in [0.1, 0.15) is 6.92 Å². The van der Waals surface area contributed by atoms with Gasteiger partial charge in [0.2, 0.25) is 0 Å². The topological polar surface area (TPSA) is 51.0 Å². The van der Waals surface area contributed by atoms with Crippen LogP contribution in [0.5, 0.6) is 5.75 Å². The molecule has 1 fully saturated rings. The van der Waals surface area contributed by atoms with E-state index in [1.165, 1.54) is 0 Å². The molecule has 2 rings (SSSR count). The van der Waals surface area contributed by atoms with Gasteiger partial charge in [-0.3, -0.25) is 4.90 Å². The van der Waals surface area contributed by atoms with E-state index in [1.54, 1.807) is 7.11 Å². The van der Waals surface area contributed by atoms with Crippen LogP contribution in [0.25, 0.3) is 0 Å². The Morgan fingerprint density at radius 1 is 1.23 bits per heavy atom. The van der Waals surface area contributed by atoms with Crippen LogP contribution in [0.15, 0.2) is 18.2 Å². The summed E-state index contributed by atoms with van der Waals surface area (Å²) in [5.74, 6) is 0.779. The van der Waals surface area contributed by atoms with Crippen molar-refractivity contribution in [2.75, 3.05) is 57.9 Å². The first kappa shape index (κ1) is 17.3. The number of piperazine rings is 1. The molecule has 1 saturated heterocycles. The van der Waals surface area contributed by atoms with Gasteiger partial charge in [0.1, 0.15) is 12.4 Å². The van der Waals surface area contributed by atoms with Gasteiger partial charge in [0.05, 0.1) is 17.3 Å². The quantitative estimate of drug-likeness (QED) is 0.774. The predicted octanol–water partition coefficient (Wildman–Crippen LogP) is 1.83. The lowest BCUT2D eigenvalue weighted by Crippen LogP contribution is -2.49. The maximum atomic E-state index is 6.41. The molecule has 1 aliphatic heterocycles. The van der Waals surface area contributed by atoms with Crippen molar-refractivity contribution in [2.45, 2.75) is 13.0 Å². The summed E-state index contributed by atoms with van der Waals surface area (Å²) in [6, 6.07) is 6.09. The summed E-state index contributed by atoms with van der Waals surface area (Å²) < 4.78 is 10.6. The molecule has 0 saturated carbocycles. The minimum Gasteiger partial charge on any atom is -0.491 e. The van der Waals surface area contributed by atoms with Gasteiger partial charge in [-0.1, -0.05) is 11.6 Å². The lowest BCUT2D eigenvalue weighted by Gasteiger charge is -2.37. The van der Waals surface area contributed by atoms with E-state index in [4.69, 9.17) is 26.8 Å². The van der Waals surface area contributed by atoms with Crippen LogP contribution in [0.4, 0.5) is 5.69 Å². The maximum Gasteiger partial charge on any atom is 0.121 e. The molecular formula is C16H26ClN3O2. The highest BCUT2D eigenvalue weighted by Gasteiger charge is 2.19. The van der Waals surface area contributed by atoms with Crippen molar-refractivity contribution in [3.63, 3.8) is 0 Å². The Morgan fingerprint density at radius 3 is 2.55 bits per heavy atom. The largest absolute Gasteiger partial charge is 0.491 e. The summed E-state index contributed by atoms with van der Waals surface area (Å²) in [6.45, 7) is 8.07. The Balaban J connectivity index is 1.90. The van der Waals surface area contributed by atoms with Crippen LogP contribution in [0.3, 0.4) is 0 Å². The number of methoxy groups -OCH3 is 1. The number of rotatable bonds is 7. The zero-order valence-corrected chi connectivity index (χ0v) is 14.2. The fourth-order valence-corrected chi connectivity index (χ4v) is 2.95. The summed E-state index contributed by atoms with van der Waals surface area (Å²) in [5, 5.41) is 0.732. The monoisotopic (exact) mass is 327 g/mol. The van der Waals surface area contributed by atoms with E-state index in [9.17, 15) is 0 Å². The van der Waals surface area contributed by atoms with Crippen molar-refractivity contribution in [2.24, 2.45) is 5.73 Å². The lowest BCUT2D eigenvalue weighted by molar-refractivity contribution is 0.146. The van der Waals surface area contributed by atoms with Gasteiger partial charge in [0.15, 0.2) is 0 Å². The SMILES string of the molecule is COCCOc1ccc(N2CCN(CC(C)N)CC2)c(Cl)c1. The third kappa shape index (κ3) is 5.02. The molecule has 0 spiro atoms. The molecule has 1 aromatic carbocycles. The van der Waals surface area contributed by atoms with Crippen LogP contribution in [-0.2, 0) is 4.74 Å². The van der Waals surface area contributed by atoms with E-state index < -0.39 is 0 Å². The Hall–Kier alpha value is -1.01. The fourth-order valence-electron chi connectivity index (χ4n) is 2.66. The molecule has 22 heavy (non-hydrogen) atoms. The van der Waals surface area contributed by atoms with E-state index in [1.807, 2.05) is 25.1 Å². The molecular weight excluding hydrogens is 302 g/mol. The van der Waals surface area contributed by atoms with Crippen LogP contribution >= 0.6 is 11.6 Å². The third-order valence-corrected chi connectivity index (χ3v) is 4.04. The van der Waals surface area contributed by atoms with Gasteiger partial charge >= 0.3 is 0 Å². The molecule has 0 amide bonds. The molecule has 6 heteroatoms. The van der Waals surface area contributed by atoms with E-state index in [-0.39, 0.29) is 6.04 Å². The van der Waals surface area contributed by atoms with Gasteiger partial charge in [-0.05, 0) is 19.1 Å². The number of anilines is 1. The fraction of sp³-hybridized carbons (Fsp3) is 0.625. The standard InChI is InChI=1S/C16H26ClN3O2/c1-13(18)12-19-5-7-20(8-6-19)16-4-3-14(11-15(16)17)22-10-9-21-2/h3-4,11,13H,5-10,12,18H2,1-2H3. The van der Waals surface area contributed by atoms with Gasteiger partial charge in [-0.15, -0.1) is 0 Å². The number of hydrogen-bond donors (Lipinski definition) is 1. The van der Waals surface area contributed by atoms with Crippen molar-refractivity contribution < 1.29 is 9.47 Å². The highest BCUT2D eigenvalue weighted by Crippen LogP contribution is 2.30. The first-order valence-corrected chi connectivity index (χ1v) is 8.12. The summed E-state index contributed by atoms with van der Waals surface area (Å²) >= 11 is 6.41. The van der Waals surface area contributed by atoms with Crippen molar-refractivity contribution in [1.82, 2.24) is 4.90 Å². The first-order chi connectivity index (χ1) is 10.6. The van der Waals surface area contributed by atoms with Crippen molar-refractivity contribution in [1.29, 1.82) is 0 Å². The number of hydrogen-bond acceptors (Lipinski definition) is 5. The molecule has 5 nitrogen and oxygen atoms in total. The van der Waals surface area contributed by atoms with E-state index in [2.05, 4.69) is 9.80 Å². The zero-order chi connectivity index (χ0) is 15.9. The highest BCUT2D eigenvalue weighted by molar-refractivity contribution is 6.33. The number of nitrogens with two attached hydrogens (primary N) is 1. The number of nitrogens with zero attached hydrogens (tertiary/aromatic N) is 2. The summed E-state index contributed by atoms with van der Waals surface area (Å²) in [5.41, 5.74) is 6.93. The third-order valence-electron chi connectivity index (χ3n) is 3.73. The second kappa shape index (κ2) is 8.58. The average molecular weight is 328 g/mol. The summed E-state index contributed by atoms with van der Waals surface area (Å²) in [6.07, 6.45) is 0. The highest BCUT2D eigenvalue weighted by atomic mass is 35.5. The minimum atomic E-state index is 0.221. The molecule has 0 aromatic heterocycles. The molecule has 1 atom stereocenters. The van der Waals surface area contributed by atoms with Gasteiger partial charge in [-0.2, -0.15) is 0 Å². The van der Waals surface area contributed by atoms with Crippen LogP contribution in [-0.4, -0.2) is 64.0 Å². The smallest absolute Gasteiger partial charge is 0.121 e. The van der Waals surface area contributed by atoms with E-state index in [0.717, 1.165) is 49.2 Å². The maximum absolute atomic E-state index is 6.41. The molecule has 124 valence electrons. The average Bonchev–Trinajstić information content (AvgIpc) is 2.48.